The molecule has 1 aromatic rings. The molecular weight excluding hydrogens is 336 g/mol. The molecule has 1 amide bonds. The van der Waals surface area contributed by atoms with Gasteiger partial charge in [-0.15, -0.1) is 0 Å². The van der Waals surface area contributed by atoms with E-state index in [9.17, 15) is 13.2 Å². The second kappa shape index (κ2) is 7.87. The molecule has 5 nitrogen and oxygen atoms in total. The van der Waals surface area contributed by atoms with E-state index in [4.69, 9.17) is 0 Å². The third-order valence-electron chi connectivity index (χ3n) is 5.28. The zero-order chi connectivity index (χ0) is 17.9. The van der Waals surface area contributed by atoms with E-state index >= 15 is 0 Å². The summed E-state index contributed by atoms with van der Waals surface area (Å²) in [4.78, 5) is 15.2. The molecule has 1 aromatic carbocycles. The Kier molecular flexibility index (Phi) is 5.79. The lowest BCUT2D eigenvalue weighted by Gasteiger charge is -2.36. The average molecular weight is 365 g/mol. The van der Waals surface area contributed by atoms with Crippen LogP contribution in [0.5, 0.6) is 0 Å². The van der Waals surface area contributed by atoms with Gasteiger partial charge in [-0.1, -0.05) is 37.0 Å². The zero-order valence-electron chi connectivity index (χ0n) is 15.0. The number of hydrogen-bond acceptors (Lipinski definition) is 3. The summed E-state index contributed by atoms with van der Waals surface area (Å²) in [5.41, 5.74) is 1.02. The second-order valence-electron chi connectivity index (χ2n) is 7.18. The number of carbonyl (C=O) groups is 1. The maximum Gasteiger partial charge on any atom is 0.243 e. The highest BCUT2D eigenvalue weighted by molar-refractivity contribution is 7.89. The van der Waals surface area contributed by atoms with Crippen molar-refractivity contribution in [2.45, 2.75) is 62.8 Å². The molecule has 2 aliphatic heterocycles. The van der Waals surface area contributed by atoms with E-state index < -0.39 is 16.1 Å². The maximum atomic E-state index is 13.1. The minimum absolute atomic E-state index is 0.00251. The Morgan fingerprint density at radius 2 is 1.52 bits per heavy atom. The van der Waals surface area contributed by atoms with Gasteiger partial charge in [-0.2, -0.15) is 4.31 Å². The fourth-order valence-electron chi connectivity index (χ4n) is 3.79. The van der Waals surface area contributed by atoms with Gasteiger partial charge < -0.3 is 4.90 Å². The van der Waals surface area contributed by atoms with Crippen molar-refractivity contribution in [2.75, 3.05) is 19.6 Å². The largest absolute Gasteiger partial charge is 0.341 e. The molecule has 2 heterocycles. The minimum atomic E-state index is -3.63. The van der Waals surface area contributed by atoms with Crippen LogP contribution >= 0.6 is 0 Å². The third kappa shape index (κ3) is 4.06. The van der Waals surface area contributed by atoms with Gasteiger partial charge in [0.25, 0.3) is 0 Å². The van der Waals surface area contributed by atoms with Crippen LogP contribution in [-0.4, -0.2) is 49.2 Å². The van der Waals surface area contributed by atoms with Crippen LogP contribution in [0.4, 0.5) is 0 Å². The molecule has 2 aliphatic rings. The van der Waals surface area contributed by atoms with Gasteiger partial charge in [0.1, 0.15) is 6.04 Å². The normalized spacial score (nSPS) is 23.2. The molecule has 1 atom stereocenters. The third-order valence-corrected chi connectivity index (χ3v) is 7.21. The van der Waals surface area contributed by atoms with Crippen molar-refractivity contribution >= 4 is 15.9 Å². The first-order valence-electron chi connectivity index (χ1n) is 9.37. The number of rotatable bonds is 3. The highest BCUT2D eigenvalue weighted by Gasteiger charge is 2.39. The minimum Gasteiger partial charge on any atom is -0.341 e. The van der Waals surface area contributed by atoms with Crippen molar-refractivity contribution < 1.29 is 13.2 Å². The van der Waals surface area contributed by atoms with Gasteiger partial charge in [0.15, 0.2) is 0 Å². The van der Waals surface area contributed by atoms with Crippen LogP contribution < -0.4 is 0 Å². The van der Waals surface area contributed by atoms with E-state index in [0.29, 0.717) is 13.0 Å². The Bertz CT molecular complexity index is 692. The smallest absolute Gasteiger partial charge is 0.243 e. The molecule has 0 aliphatic carbocycles. The molecule has 0 N–H and O–H groups in total. The van der Waals surface area contributed by atoms with Crippen molar-refractivity contribution in [3.05, 3.63) is 29.8 Å². The molecule has 0 saturated carbocycles. The van der Waals surface area contributed by atoms with Crippen molar-refractivity contribution in [3.63, 3.8) is 0 Å². The van der Waals surface area contributed by atoms with Crippen LogP contribution in [0.1, 0.15) is 50.5 Å². The van der Waals surface area contributed by atoms with E-state index in [1.165, 1.54) is 4.31 Å². The molecule has 0 spiro atoms. The molecule has 0 aromatic heterocycles. The van der Waals surface area contributed by atoms with Gasteiger partial charge in [0.2, 0.25) is 15.9 Å². The van der Waals surface area contributed by atoms with Gasteiger partial charge in [-0.25, -0.2) is 8.42 Å². The molecule has 25 heavy (non-hydrogen) atoms. The molecule has 0 unspecified atom stereocenters. The van der Waals surface area contributed by atoms with Crippen molar-refractivity contribution in [1.29, 1.82) is 0 Å². The molecule has 3 rings (SSSR count). The molecule has 0 radical (unpaired) electrons. The standard InChI is InChI=1S/C19H28N2O3S/c1-16-9-11-17(12-10-16)25(23,24)21-15-7-4-8-18(21)19(22)20-13-5-2-3-6-14-20/h9-12,18H,2-8,13-15H2,1H3/t18-/m1/s1. The van der Waals surface area contributed by atoms with Gasteiger partial charge in [0, 0.05) is 19.6 Å². The summed E-state index contributed by atoms with van der Waals surface area (Å²) in [6.45, 7) is 3.88. The van der Waals surface area contributed by atoms with Gasteiger partial charge in [-0.05, 0) is 44.7 Å². The summed E-state index contributed by atoms with van der Waals surface area (Å²) in [6.07, 6.45) is 6.69. The van der Waals surface area contributed by atoms with Crippen molar-refractivity contribution in [1.82, 2.24) is 9.21 Å². The highest BCUT2D eigenvalue weighted by Crippen LogP contribution is 2.27. The summed E-state index contributed by atoms with van der Waals surface area (Å²) in [6, 6.07) is 6.36. The number of sulfonamides is 1. The van der Waals surface area contributed by atoms with Gasteiger partial charge >= 0.3 is 0 Å². The van der Waals surface area contributed by atoms with Crippen LogP contribution in [0.2, 0.25) is 0 Å². The Morgan fingerprint density at radius 1 is 0.920 bits per heavy atom. The number of benzene rings is 1. The lowest BCUT2D eigenvalue weighted by molar-refractivity contribution is -0.136. The molecule has 0 bridgehead atoms. The number of nitrogens with zero attached hydrogens (tertiary/aromatic N) is 2. The van der Waals surface area contributed by atoms with E-state index in [1.54, 1.807) is 12.1 Å². The number of likely N-dealkylation sites (tertiary alicyclic amines) is 1. The number of aryl methyl sites for hydroxylation is 1. The number of piperidine rings is 1. The summed E-state index contributed by atoms with van der Waals surface area (Å²) in [5.74, 6) is -0.00251. The first-order chi connectivity index (χ1) is 12.0. The van der Waals surface area contributed by atoms with Crippen molar-refractivity contribution in [2.24, 2.45) is 0 Å². The summed E-state index contributed by atoms with van der Waals surface area (Å²) >= 11 is 0. The van der Waals surface area contributed by atoms with Crippen molar-refractivity contribution in [3.8, 4) is 0 Å². The predicted octanol–water partition coefficient (Wildman–Crippen LogP) is 2.94. The maximum absolute atomic E-state index is 13.1. The number of amides is 1. The lowest BCUT2D eigenvalue weighted by Crippen LogP contribution is -2.53. The van der Waals surface area contributed by atoms with Crippen LogP contribution in [0.25, 0.3) is 0 Å². The van der Waals surface area contributed by atoms with E-state index in [-0.39, 0.29) is 10.8 Å². The Hall–Kier alpha value is -1.40. The summed E-state index contributed by atoms with van der Waals surface area (Å²) in [7, 11) is -3.63. The van der Waals surface area contributed by atoms with E-state index in [2.05, 4.69) is 0 Å². The number of carbonyl (C=O) groups excluding carboxylic acids is 1. The van der Waals surface area contributed by atoms with Crippen LogP contribution in [-0.2, 0) is 14.8 Å². The molecule has 6 heteroatoms. The highest BCUT2D eigenvalue weighted by atomic mass is 32.2. The second-order valence-corrected chi connectivity index (χ2v) is 9.07. The van der Waals surface area contributed by atoms with E-state index in [0.717, 1.165) is 57.2 Å². The lowest BCUT2D eigenvalue weighted by atomic mass is 10.0. The fraction of sp³-hybridized carbons (Fsp3) is 0.632. The molecule has 138 valence electrons. The fourth-order valence-corrected chi connectivity index (χ4v) is 5.44. The van der Waals surface area contributed by atoms with Gasteiger partial charge in [0.05, 0.1) is 4.90 Å². The predicted molar refractivity (Wildman–Crippen MR) is 97.8 cm³/mol. The quantitative estimate of drug-likeness (QED) is 0.828. The van der Waals surface area contributed by atoms with Gasteiger partial charge in [-0.3, -0.25) is 4.79 Å². The van der Waals surface area contributed by atoms with Crippen LogP contribution in [0.15, 0.2) is 29.2 Å². The summed E-state index contributed by atoms with van der Waals surface area (Å²) in [5, 5.41) is 0. The molecule has 2 saturated heterocycles. The summed E-state index contributed by atoms with van der Waals surface area (Å²) < 4.78 is 27.7. The first kappa shape index (κ1) is 18.4. The monoisotopic (exact) mass is 364 g/mol. The Labute approximate surface area is 151 Å². The van der Waals surface area contributed by atoms with Crippen LogP contribution in [0, 0.1) is 6.92 Å². The molecule has 2 fully saturated rings. The first-order valence-corrected chi connectivity index (χ1v) is 10.8. The number of hydrogen-bond donors (Lipinski definition) is 0. The average Bonchev–Trinajstić information content (AvgIpc) is 2.91. The van der Waals surface area contributed by atoms with Crippen LogP contribution in [0.3, 0.4) is 0 Å². The SMILES string of the molecule is Cc1ccc(S(=O)(=O)N2CCCC[C@@H]2C(=O)N2CCCCCC2)cc1. The Morgan fingerprint density at radius 3 is 2.16 bits per heavy atom. The molecular formula is C19H28N2O3S. The zero-order valence-corrected chi connectivity index (χ0v) is 15.8. The topological polar surface area (TPSA) is 57.7 Å². The van der Waals surface area contributed by atoms with E-state index in [1.807, 2.05) is 24.0 Å². The Balaban J connectivity index is 1.84.